The molecule has 118 valence electrons. The molecule has 0 aliphatic rings. The van der Waals surface area contributed by atoms with E-state index in [1.165, 1.54) is 5.56 Å². The molecule has 0 saturated heterocycles. The van der Waals surface area contributed by atoms with E-state index in [9.17, 15) is 0 Å². The summed E-state index contributed by atoms with van der Waals surface area (Å²) >= 11 is 0. The second kappa shape index (κ2) is 10.6. The zero-order chi connectivity index (χ0) is 16.2. The fourth-order valence-electron chi connectivity index (χ4n) is 2.01. The van der Waals surface area contributed by atoms with E-state index in [1.54, 1.807) is 6.20 Å². The topological polar surface area (TPSA) is 36.8 Å². The van der Waals surface area contributed by atoms with Gasteiger partial charge >= 0.3 is 0 Å². The normalized spacial score (nSPS) is 13.5. The van der Waals surface area contributed by atoms with Gasteiger partial charge in [-0.3, -0.25) is 9.98 Å². The Morgan fingerprint density at radius 3 is 2.64 bits per heavy atom. The molecule has 3 heteroatoms. The van der Waals surface area contributed by atoms with Crippen molar-refractivity contribution in [3.05, 3.63) is 60.4 Å². The van der Waals surface area contributed by atoms with Crippen LogP contribution in [0.4, 0.5) is 0 Å². The average Bonchev–Trinajstić information content (AvgIpc) is 2.56. The predicted molar refractivity (Wildman–Crippen MR) is 97.5 cm³/mol. The third kappa shape index (κ3) is 6.53. The molecule has 1 N–H and O–H groups in total. The summed E-state index contributed by atoms with van der Waals surface area (Å²) in [6.45, 7) is 12.4. The summed E-state index contributed by atoms with van der Waals surface area (Å²) in [6.07, 6.45) is 6.82. The van der Waals surface area contributed by atoms with Crippen LogP contribution < -0.4 is 5.32 Å². The Kier molecular flexibility index (Phi) is 8.58. The van der Waals surface area contributed by atoms with Gasteiger partial charge in [-0.05, 0) is 37.2 Å². The van der Waals surface area contributed by atoms with Crippen molar-refractivity contribution in [2.45, 2.75) is 33.1 Å². The molecule has 0 aliphatic carbocycles. The van der Waals surface area contributed by atoms with Crippen LogP contribution in [0.25, 0.3) is 0 Å². The maximum absolute atomic E-state index is 4.62. The maximum atomic E-state index is 4.62. The van der Waals surface area contributed by atoms with Gasteiger partial charge in [-0.15, -0.1) is 0 Å². The molecule has 0 aliphatic heterocycles. The van der Waals surface area contributed by atoms with Crippen molar-refractivity contribution in [2.24, 2.45) is 15.9 Å². The summed E-state index contributed by atoms with van der Waals surface area (Å²) in [4.78, 5) is 8.72. The van der Waals surface area contributed by atoms with Crippen molar-refractivity contribution in [1.82, 2.24) is 5.32 Å². The summed E-state index contributed by atoms with van der Waals surface area (Å²) in [7, 11) is 0. The first kappa shape index (κ1) is 17.9. The van der Waals surface area contributed by atoms with Gasteiger partial charge in [0.05, 0.1) is 0 Å². The molecule has 0 bridgehead atoms. The number of amidine groups is 1. The monoisotopic (exact) mass is 297 g/mol. The number of hydrogen-bond donors (Lipinski definition) is 1. The first-order valence-electron chi connectivity index (χ1n) is 7.86. The maximum Gasteiger partial charge on any atom is 0.150 e. The van der Waals surface area contributed by atoms with Crippen LogP contribution in [-0.2, 0) is 6.42 Å². The van der Waals surface area contributed by atoms with Gasteiger partial charge in [0.2, 0.25) is 0 Å². The molecule has 22 heavy (non-hydrogen) atoms. The Labute approximate surface area is 134 Å². The minimum absolute atomic E-state index is 0.446. The highest BCUT2D eigenvalue weighted by Gasteiger charge is 2.05. The fraction of sp³-hybridized carbons (Fsp3) is 0.368. The predicted octanol–water partition coefficient (Wildman–Crippen LogP) is 4.38. The van der Waals surface area contributed by atoms with Crippen molar-refractivity contribution in [3.8, 4) is 0 Å². The van der Waals surface area contributed by atoms with E-state index in [0.29, 0.717) is 5.92 Å². The second-order valence-electron chi connectivity index (χ2n) is 5.26. The van der Waals surface area contributed by atoms with Gasteiger partial charge in [0.1, 0.15) is 5.70 Å². The van der Waals surface area contributed by atoms with E-state index in [2.05, 4.69) is 72.8 Å². The SMILES string of the molecule is C=CNC(=NCCCc1ccccc1)C(=CC(C)CC)N=C. The van der Waals surface area contributed by atoms with E-state index in [1.807, 2.05) is 6.07 Å². The van der Waals surface area contributed by atoms with Crippen molar-refractivity contribution in [2.75, 3.05) is 6.54 Å². The Balaban J connectivity index is 2.66. The smallest absolute Gasteiger partial charge is 0.150 e. The molecule has 0 amide bonds. The van der Waals surface area contributed by atoms with Gasteiger partial charge in [0.25, 0.3) is 0 Å². The van der Waals surface area contributed by atoms with Crippen LogP contribution in [0.1, 0.15) is 32.3 Å². The molecule has 0 heterocycles. The minimum Gasteiger partial charge on any atom is -0.346 e. The largest absolute Gasteiger partial charge is 0.346 e. The Morgan fingerprint density at radius 2 is 2.05 bits per heavy atom. The zero-order valence-electron chi connectivity index (χ0n) is 13.8. The summed E-state index contributed by atoms with van der Waals surface area (Å²) in [5.41, 5.74) is 2.14. The summed E-state index contributed by atoms with van der Waals surface area (Å²) in [5.74, 6) is 1.19. The lowest BCUT2D eigenvalue weighted by Crippen LogP contribution is -2.20. The number of aliphatic imine (C=N–C) groups is 2. The van der Waals surface area contributed by atoms with Crippen LogP contribution in [0, 0.1) is 5.92 Å². The molecule has 1 atom stereocenters. The van der Waals surface area contributed by atoms with Crippen LogP contribution >= 0.6 is 0 Å². The molecule has 1 aromatic rings. The summed E-state index contributed by atoms with van der Waals surface area (Å²) < 4.78 is 0. The molecule has 1 rings (SSSR count). The van der Waals surface area contributed by atoms with Gasteiger partial charge in [0.15, 0.2) is 5.84 Å². The highest BCUT2D eigenvalue weighted by molar-refractivity contribution is 5.99. The molecule has 0 spiro atoms. The number of benzene rings is 1. The lowest BCUT2D eigenvalue weighted by Gasteiger charge is -2.09. The third-order valence-electron chi connectivity index (χ3n) is 3.47. The molecular formula is C19H27N3. The number of rotatable bonds is 9. The van der Waals surface area contributed by atoms with E-state index >= 15 is 0 Å². The lowest BCUT2D eigenvalue weighted by molar-refractivity contribution is 0.694. The van der Waals surface area contributed by atoms with Gasteiger partial charge in [-0.25, -0.2) is 0 Å². The first-order valence-corrected chi connectivity index (χ1v) is 7.86. The molecule has 0 saturated carbocycles. The molecule has 1 unspecified atom stereocenters. The zero-order valence-corrected chi connectivity index (χ0v) is 13.8. The molecule has 0 aromatic heterocycles. The van der Waals surface area contributed by atoms with Crippen molar-refractivity contribution in [1.29, 1.82) is 0 Å². The number of nitrogens with zero attached hydrogens (tertiary/aromatic N) is 2. The van der Waals surface area contributed by atoms with Crippen LogP contribution in [0.2, 0.25) is 0 Å². The van der Waals surface area contributed by atoms with Crippen LogP contribution in [-0.4, -0.2) is 19.1 Å². The third-order valence-corrected chi connectivity index (χ3v) is 3.47. The minimum atomic E-state index is 0.446. The Hall–Kier alpha value is -2.16. The molecule has 0 radical (unpaired) electrons. The van der Waals surface area contributed by atoms with Crippen molar-refractivity contribution >= 4 is 12.6 Å². The molecule has 1 aromatic carbocycles. The van der Waals surface area contributed by atoms with E-state index in [4.69, 9.17) is 0 Å². The van der Waals surface area contributed by atoms with Gasteiger partial charge in [-0.1, -0.05) is 63.3 Å². The van der Waals surface area contributed by atoms with Crippen LogP contribution in [0.5, 0.6) is 0 Å². The lowest BCUT2D eigenvalue weighted by atomic mass is 10.1. The number of nitrogens with one attached hydrogen (secondary N) is 1. The quantitative estimate of drug-likeness (QED) is 0.410. The molecule has 0 fully saturated rings. The van der Waals surface area contributed by atoms with E-state index in [-0.39, 0.29) is 0 Å². The molecular weight excluding hydrogens is 270 g/mol. The highest BCUT2D eigenvalue weighted by atomic mass is 15.0. The van der Waals surface area contributed by atoms with Crippen LogP contribution in [0.15, 0.2) is 64.9 Å². The Bertz CT molecular complexity index is 515. The number of allylic oxidation sites excluding steroid dienone is 1. The van der Waals surface area contributed by atoms with Gasteiger partial charge < -0.3 is 5.32 Å². The second-order valence-corrected chi connectivity index (χ2v) is 5.26. The number of hydrogen-bond acceptors (Lipinski definition) is 2. The van der Waals surface area contributed by atoms with E-state index < -0.39 is 0 Å². The average molecular weight is 297 g/mol. The molecule has 3 nitrogen and oxygen atoms in total. The standard InChI is InChI=1S/C19H27N3/c1-5-16(3)15-18(20-4)19(21-6-2)22-14-10-13-17-11-8-7-9-12-17/h6-9,11-12,15-16H,2,4-5,10,13-14H2,1,3H3,(H,21,22). The number of aryl methyl sites for hydroxylation is 1. The van der Waals surface area contributed by atoms with Gasteiger partial charge in [-0.2, -0.15) is 0 Å². The Morgan fingerprint density at radius 1 is 1.32 bits per heavy atom. The fourth-order valence-corrected chi connectivity index (χ4v) is 2.01. The first-order chi connectivity index (χ1) is 10.7. The van der Waals surface area contributed by atoms with E-state index in [0.717, 1.165) is 37.3 Å². The van der Waals surface area contributed by atoms with Crippen LogP contribution in [0.3, 0.4) is 0 Å². The highest BCUT2D eigenvalue weighted by Crippen LogP contribution is 2.09. The summed E-state index contributed by atoms with van der Waals surface area (Å²) in [6, 6.07) is 10.5. The van der Waals surface area contributed by atoms with Crippen molar-refractivity contribution in [3.63, 3.8) is 0 Å². The van der Waals surface area contributed by atoms with Crippen molar-refractivity contribution < 1.29 is 0 Å². The summed E-state index contributed by atoms with van der Waals surface area (Å²) in [5, 5.41) is 3.07. The van der Waals surface area contributed by atoms with Gasteiger partial charge in [0, 0.05) is 6.54 Å².